The number of benzene rings is 5. The smallest absolute Gasteiger partial charge is 0.167 e. The third kappa shape index (κ3) is 4.73. The Bertz CT molecular complexity index is 2040. The fraction of sp³-hybridized carbons (Fsp3) is 0.195. The number of hydrogen-bond donors (Lipinski definition) is 0. The maximum atomic E-state index is 13.0. The Morgan fingerprint density at radius 2 is 1.14 bits per heavy atom. The van der Waals surface area contributed by atoms with Gasteiger partial charge in [0.05, 0.1) is 5.69 Å². The van der Waals surface area contributed by atoms with Crippen LogP contribution in [0.1, 0.15) is 58.5 Å². The predicted octanol–water partition coefficient (Wildman–Crippen LogP) is 9.94. The Balaban J connectivity index is 0.000000152. The minimum Gasteiger partial charge on any atom is -0.294 e. The second kappa shape index (κ2) is 11.7. The monoisotopic (exact) mass is 573 g/mol. The van der Waals surface area contributed by atoms with Crippen molar-refractivity contribution in [3.05, 3.63) is 138 Å². The number of carbonyl (C=O) groups is 2. The van der Waals surface area contributed by atoms with Crippen molar-refractivity contribution in [2.75, 3.05) is 0 Å². The first-order valence-electron chi connectivity index (χ1n) is 15.7. The normalized spacial score (nSPS) is 17.0. The van der Waals surface area contributed by atoms with E-state index >= 15 is 0 Å². The van der Waals surface area contributed by atoms with E-state index in [9.17, 15) is 9.59 Å². The fourth-order valence-corrected chi connectivity index (χ4v) is 7.14. The van der Waals surface area contributed by atoms with Gasteiger partial charge < -0.3 is 0 Å². The van der Waals surface area contributed by atoms with E-state index in [1.165, 1.54) is 38.2 Å². The molecule has 44 heavy (non-hydrogen) atoms. The van der Waals surface area contributed by atoms with Gasteiger partial charge in [-0.2, -0.15) is 0 Å². The molecule has 0 saturated carbocycles. The van der Waals surface area contributed by atoms with Gasteiger partial charge in [0.15, 0.2) is 11.6 Å². The Morgan fingerprint density at radius 1 is 0.568 bits per heavy atom. The minimum atomic E-state index is 0.137. The molecular formula is C41H35NO2. The van der Waals surface area contributed by atoms with Crippen molar-refractivity contribution >= 4 is 33.1 Å². The molecule has 2 aliphatic carbocycles. The third-order valence-corrected chi connectivity index (χ3v) is 9.45. The summed E-state index contributed by atoms with van der Waals surface area (Å²) in [6.07, 6.45) is 5.35. The van der Waals surface area contributed by atoms with Gasteiger partial charge in [-0.05, 0) is 87.7 Å². The molecule has 3 nitrogen and oxygen atoms in total. The summed E-state index contributed by atoms with van der Waals surface area (Å²) in [4.78, 5) is 29.8. The quantitative estimate of drug-likeness (QED) is 0.197. The lowest BCUT2D eigenvalue weighted by Crippen LogP contribution is -2.07. The summed E-state index contributed by atoms with van der Waals surface area (Å²) in [6.45, 7) is 4.19. The fourth-order valence-electron chi connectivity index (χ4n) is 7.14. The van der Waals surface area contributed by atoms with Gasteiger partial charge in [-0.1, -0.05) is 105 Å². The van der Waals surface area contributed by atoms with Crippen molar-refractivity contribution < 1.29 is 9.59 Å². The molecule has 2 aliphatic rings. The zero-order chi connectivity index (χ0) is 30.2. The van der Waals surface area contributed by atoms with Crippen LogP contribution >= 0.6 is 0 Å². The largest absolute Gasteiger partial charge is 0.294 e. The number of fused-ring (bicyclic) bond motifs is 5. The molecule has 6 aromatic rings. The summed E-state index contributed by atoms with van der Waals surface area (Å²) in [5.74, 6) is 0.895. The SMILES string of the molecule is CCC1Cc2cccc(-c3cc4ccccc4c4ccccc34)c2C1=O.CCC1Cc2cccc(-c3ccccn3)c2C1=O. The first-order chi connectivity index (χ1) is 21.6. The number of pyridine rings is 1. The lowest BCUT2D eigenvalue weighted by atomic mass is 9.89. The number of nitrogens with zero attached hydrogens (tertiary/aromatic N) is 1. The highest BCUT2D eigenvalue weighted by molar-refractivity contribution is 6.17. The minimum absolute atomic E-state index is 0.137. The number of carbonyl (C=O) groups excluding carboxylic acids is 2. The van der Waals surface area contributed by atoms with E-state index in [-0.39, 0.29) is 17.6 Å². The van der Waals surface area contributed by atoms with Gasteiger partial charge in [0.25, 0.3) is 0 Å². The molecular weight excluding hydrogens is 538 g/mol. The summed E-state index contributed by atoms with van der Waals surface area (Å²) in [6, 6.07) is 37.5. The maximum Gasteiger partial charge on any atom is 0.167 e. The van der Waals surface area contributed by atoms with Crippen LogP contribution in [0, 0.1) is 11.8 Å². The number of hydrogen-bond acceptors (Lipinski definition) is 3. The van der Waals surface area contributed by atoms with Crippen molar-refractivity contribution in [1.82, 2.24) is 4.98 Å². The zero-order valence-corrected chi connectivity index (χ0v) is 25.2. The summed E-state index contributed by atoms with van der Waals surface area (Å²) in [5.41, 5.74) is 8.34. The van der Waals surface area contributed by atoms with Crippen LogP contribution < -0.4 is 0 Å². The number of aromatic nitrogens is 1. The average molecular weight is 574 g/mol. The van der Waals surface area contributed by atoms with Crippen molar-refractivity contribution in [3.8, 4) is 22.4 Å². The number of rotatable bonds is 4. The van der Waals surface area contributed by atoms with Crippen molar-refractivity contribution in [2.24, 2.45) is 11.8 Å². The molecule has 0 saturated heterocycles. The van der Waals surface area contributed by atoms with E-state index in [0.29, 0.717) is 5.78 Å². The molecule has 1 aromatic heterocycles. The van der Waals surface area contributed by atoms with E-state index in [1.807, 2.05) is 30.3 Å². The molecule has 0 bridgehead atoms. The van der Waals surface area contributed by atoms with Crippen LogP contribution in [0.4, 0.5) is 0 Å². The van der Waals surface area contributed by atoms with Crippen molar-refractivity contribution in [3.63, 3.8) is 0 Å². The topological polar surface area (TPSA) is 47.0 Å². The van der Waals surface area contributed by atoms with Crippen LogP contribution in [0.3, 0.4) is 0 Å². The lowest BCUT2D eigenvalue weighted by Gasteiger charge is -2.14. The molecule has 216 valence electrons. The first kappa shape index (κ1) is 27.9. The molecule has 0 amide bonds. The van der Waals surface area contributed by atoms with Gasteiger partial charge in [-0.3, -0.25) is 14.6 Å². The Hall–Kier alpha value is -4.89. The average Bonchev–Trinajstić information content (AvgIpc) is 3.60. The van der Waals surface area contributed by atoms with Crippen LogP contribution in [-0.4, -0.2) is 16.6 Å². The molecule has 1 heterocycles. The molecule has 2 unspecified atom stereocenters. The molecule has 0 N–H and O–H groups in total. The van der Waals surface area contributed by atoms with E-state index in [2.05, 4.69) is 97.7 Å². The number of ketones is 2. The molecule has 8 rings (SSSR count). The van der Waals surface area contributed by atoms with Gasteiger partial charge in [-0.15, -0.1) is 0 Å². The Morgan fingerprint density at radius 3 is 1.77 bits per heavy atom. The summed E-state index contributed by atoms with van der Waals surface area (Å²) >= 11 is 0. The second-order valence-corrected chi connectivity index (χ2v) is 11.9. The van der Waals surface area contributed by atoms with Crippen molar-refractivity contribution in [1.29, 1.82) is 0 Å². The van der Waals surface area contributed by atoms with Gasteiger partial charge in [-0.25, -0.2) is 0 Å². The summed E-state index contributed by atoms with van der Waals surface area (Å²) in [5, 5.41) is 4.94. The second-order valence-electron chi connectivity index (χ2n) is 11.9. The van der Waals surface area contributed by atoms with Crippen molar-refractivity contribution in [2.45, 2.75) is 39.5 Å². The highest BCUT2D eigenvalue weighted by Gasteiger charge is 2.32. The first-order valence-corrected chi connectivity index (χ1v) is 15.7. The molecule has 3 heteroatoms. The van der Waals surface area contributed by atoms with E-state index < -0.39 is 0 Å². The van der Waals surface area contributed by atoms with Crippen LogP contribution in [0.5, 0.6) is 0 Å². The lowest BCUT2D eigenvalue weighted by molar-refractivity contribution is 0.0927. The molecule has 2 atom stereocenters. The molecule has 5 aromatic carbocycles. The summed E-state index contributed by atoms with van der Waals surface area (Å²) < 4.78 is 0. The predicted molar refractivity (Wildman–Crippen MR) is 180 cm³/mol. The highest BCUT2D eigenvalue weighted by Crippen LogP contribution is 2.41. The van der Waals surface area contributed by atoms with Crippen LogP contribution in [0.2, 0.25) is 0 Å². The van der Waals surface area contributed by atoms with Gasteiger partial charge in [0.2, 0.25) is 0 Å². The van der Waals surface area contributed by atoms with Crippen LogP contribution in [0.25, 0.3) is 43.9 Å². The summed E-state index contributed by atoms with van der Waals surface area (Å²) in [7, 11) is 0. The van der Waals surface area contributed by atoms with Crippen LogP contribution in [-0.2, 0) is 12.8 Å². The van der Waals surface area contributed by atoms with Crippen LogP contribution in [0.15, 0.2) is 115 Å². The molecule has 0 spiro atoms. The highest BCUT2D eigenvalue weighted by atomic mass is 16.1. The molecule has 0 radical (unpaired) electrons. The van der Waals surface area contributed by atoms with E-state index in [4.69, 9.17) is 0 Å². The third-order valence-electron chi connectivity index (χ3n) is 9.45. The van der Waals surface area contributed by atoms with Gasteiger partial charge >= 0.3 is 0 Å². The van der Waals surface area contributed by atoms with E-state index in [1.54, 1.807) is 6.20 Å². The van der Waals surface area contributed by atoms with E-state index in [0.717, 1.165) is 53.6 Å². The van der Waals surface area contributed by atoms with Gasteiger partial charge in [0.1, 0.15) is 0 Å². The van der Waals surface area contributed by atoms with Gasteiger partial charge in [0, 0.05) is 34.7 Å². The standard InChI is InChI=1S/C25H20O.C16H15NO/c1-2-16-14-18-9-7-13-22(24(18)25(16)26)23-15-17-8-3-4-10-19(17)20-11-5-6-12-21(20)23;1-2-11-10-12-6-5-7-13(15(12)16(11)18)14-8-3-4-9-17-14/h3-13,15-16H,2,14H2,1H3;3-9,11H,2,10H2,1H3. The molecule has 0 fully saturated rings. The number of Topliss-reactive ketones (excluding diaryl/α,β-unsaturated/α-hetero) is 2. The zero-order valence-electron chi connectivity index (χ0n) is 25.2. The Kier molecular flexibility index (Phi) is 7.39. The molecule has 0 aliphatic heterocycles. The Labute approximate surface area is 258 Å². The maximum absolute atomic E-state index is 13.0.